The maximum Gasteiger partial charge on any atom is 0.0666 e. The number of benzene rings is 1. The van der Waals surface area contributed by atoms with Gasteiger partial charge in [-0.2, -0.15) is 0 Å². The first-order valence-corrected chi connectivity index (χ1v) is 5.04. The zero-order chi connectivity index (χ0) is 9.84. The number of aryl methyl sites for hydroxylation is 1. The molecule has 0 bridgehead atoms. The van der Waals surface area contributed by atoms with Crippen LogP contribution < -0.4 is 5.32 Å². The molecule has 0 heterocycles. The Morgan fingerprint density at radius 1 is 1.46 bits per heavy atom. The molecular formula is C11H16ClN. The lowest BCUT2D eigenvalue weighted by Crippen LogP contribution is -2.13. The largest absolute Gasteiger partial charge is 0.381 e. The topological polar surface area (TPSA) is 12.0 Å². The van der Waals surface area contributed by atoms with Gasteiger partial charge >= 0.3 is 0 Å². The van der Waals surface area contributed by atoms with Crippen LogP contribution in [0.2, 0.25) is 5.02 Å². The van der Waals surface area contributed by atoms with Crippen LogP contribution in [0.1, 0.15) is 25.8 Å². The van der Waals surface area contributed by atoms with E-state index in [9.17, 15) is 0 Å². The number of anilines is 1. The predicted molar refractivity (Wildman–Crippen MR) is 59.6 cm³/mol. The Morgan fingerprint density at radius 2 is 2.15 bits per heavy atom. The van der Waals surface area contributed by atoms with E-state index in [1.807, 2.05) is 25.1 Å². The fourth-order valence-electron chi connectivity index (χ4n) is 1.13. The molecule has 0 aliphatic rings. The Bertz CT molecular complexity index is 283. The van der Waals surface area contributed by atoms with Gasteiger partial charge in [-0.05, 0) is 31.9 Å². The van der Waals surface area contributed by atoms with E-state index in [-0.39, 0.29) is 0 Å². The maximum absolute atomic E-state index is 6.13. The van der Waals surface area contributed by atoms with Crippen LogP contribution in [0.15, 0.2) is 18.2 Å². The first kappa shape index (κ1) is 10.4. The van der Waals surface area contributed by atoms with Gasteiger partial charge in [0.1, 0.15) is 0 Å². The molecule has 1 atom stereocenters. The van der Waals surface area contributed by atoms with Gasteiger partial charge in [-0.25, -0.2) is 0 Å². The zero-order valence-corrected chi connectivity index (χ0v) is 9.15. The highest BCUT2D eigenvalue weighted by Gasteiger charge is 2.04. The minimum Gasteiger partial charge on any atom is -0.381 e. The first-order valence-electron chi connectivity index (χ1n) is 4.66. The molecule has 0 aliphatic heterocycles. The van der Waals surface area contributed by atoms with Crippen molar-refractivity contribution >= 4 is 17.3 Å². The molecule has 13 heavy (non-hydrogen) atoms. The molecule has 0 radical (unpaired) electrons. The quantitative estimate of drug-likeness (QED) is 0.776. The van der Waals surface area contributed by atoms with Crippen LogP contribution in [0.3, 0.4) is 0 Å². The molecule has 1 N–H and O–H groups in total. The second kappa shape index (κ2) is 4.52. The zero-order valence-electron chi connectivity index (χ0n) is 8.39. The van der Waals surface area contributed by atoms with Crippen LogP contribution in [0.5, 0.6) is 0 Å². The van der Waals surface area contributed by atoms with Crippen molar-refractivity contribution in [1.82, 2.24) is 0 Å². The van der Waals surface area contributed by atoms with Crippen LogP contribution >= 0.6 is 11.6 Å². The molecule has 2 heteroatoms. The molecule has 1 rings (SSSR count). The minimum absolute atomic E-state index is 0.472. The maximum atomic E-state index is 6.13. The third-order valence-corrected chi connectivity index (χ3v) is 2.71. The molecule has 1 aromatic carbocycles. The van der Waals surface area contributed by atoms with Crippen molar-refractivity contribution in [2.75, 3.05) is 5.32 Å². The molecule has 1 unspecified atom stereocenters. The molecule has 1 aromatic rings. The Morgan fingerprint density at radius 3 is 2.77 bits per heavy atom. The molecule has 1 nitrogen and oxygen atoms in total. The van der Waals surface area contributed by atoms with E-state index in [0.717, 1.165) is 22.7 Å². The molecule has 0 amide bonds. The van der Waals surface area contributed by atoms with E-state index in [1.54, 1.807) is 0 Å². The fraction of sp³-hybridized carbons (Fsp3) is 0.455. The van der Waals surface area contributed by atoms with Crippen molar-refractivity contribution in [2.24, 2.45) is 0 Å². The molecule has 72 valence electrons. The summed E-state index contributed by atoms with van der Waals surface area (Å²) in [6.45, 7) is 6.32. The van der Waals surface area contributed by atoms with Crippen LogP contribution in [-0.2, 0) is 0 Å². The van der Waals surface area contributed by atoms with E-state index in [0.29, 0.717) is 6.04 Å². The van der Waals surface area contributed by atoms with Gasteiger partial charge in [0.2, 0.25) is 0 Å². The molecular weight excluding hydrogens is 182 g/mol. The van der Waals surface area contributed by atoms with Gasteiger partial charge in [0.15, 0.2) is 0 Å². The molecule has 0 saturated heterocycles. The van der Waals surface area contributed by atoms with Crippen molar-refractivity contribution in [2.45, 2.75) is 33.2 Å². The average molecular weight is 198 g/mol. The van der Waals surface area contributed by atoms with Crippen LogP contribution in [-0.4, -0.2) is 6.04 Å². The highest BCUT2D eigenvalue weighted by atomic mass is 35.5. The minimum atomic E-state index is 0.472. The monoisotopic (exact) mass is 197 g/mol. The molecule has 0 fully saturated rings. The summed E-state index contributed by atoms with van der Waals surface area (Å²) in [4.78, 5) is 0. The SMILES string of the molecule is CCC(C)Nc1cccc(C)c1Cl. The summed E-state index contributed by atoms with van der Waals surface area (Å²) in [7, 11) is 0. The molecule has 0 aliphatic carbocycles. The van der Waals surface area contributed by atoms with E-state index in [4.69, 9.17) is 11.6 Å². The summed E-state index contributed by atoms with van der Waals surface area (Å²) in [6.07, 6.45) is 1.10. The number of halogens is 1. The number of hydrogen-bond acceptors (Lipinski definition) is 1. The summed E-state index contributed by atoms with van der Waals surface area (Å²) >= 11 is 6.13. The summed E-state index contributed by atoms with van der Waals surface area (Å²) in [6, 6.07) is 6.52. The Labute approximate surface area is 85.1 Å². The number of rotatable bonds is 3. The predicted octanol–water partition coefficient (Wildman–Crippen LogP) is 3.86. The van der Waals surface area contributed by atoms with Crippen molar-refractivity contribution in [3.63, 3.8) is 0 Å². The van der Waals surface area contributed by atoms with Crippen LogP contribution in [0.4, 0.5) is 5.69 Å². The number of nitrogens with one attached hydrogen (secondary N) is 1. The lowest BCUT2D eigenvalue weighted by molar-refractivity contribution is 0.764. The Balaban J connectivity index is 2.83. The van der Waals surface area contributed by atoms with Crippen LogP contribution in [0, 0.1) is 6.92 Å². The standard InChI is InChI=1S/C11H16ClN/c1-4-9(3)13-10-7-5-6-8(2)11(10)12/h5-7,9,13H,4H2,1-3H3. The lowest BCUT2D eigenvalue weighted by Gasteiger charge is -2.15. The second-order valence-electron chi connectivity index (χ2n) is 3.39. The third kappa shape index (κ3) is 2.63. The van der Waals surface area contributed by atoms with Gasteiger partial charge in [0, 0.05) is 6.04 Å². The number of hydrogen-bond donors (Lipinski definition) is 1. The molecule has 0 spiro atoms. The molecule has 0 aromatic heterocycles. The third-order valence-electron chi connectivity index (χ3n) is 2.21. The van der Waals surface area contributed by atoms with Crippen molar-refractivity contribution in [1.29, 1.82) is 0 Å². The first-order chi connectivity index (χ1) is 6.15. The van der Waals surface area contributed by atoms with E-state index in [2.05, 4.69) is 19.2 Å². The van der Waals surface area contributed by atoms with Gasteiger partial charge < -0.3 is 5.32 Å². The van der Waals surface area contributed by atoms with E-state index < -0.39 is 0 Å². The van der Waals surface area contributed by atoms with Crippen molar-refractivity contribution in [3.8, 4) is 0 Å². The smallest absolute Gasteiger partial charge is 0.0666 e. The molecule has 0 saturated carbocycles. The van der Waals surface area contributed by atoms with Gasteiger partial charge in [-0.1, -0.05) is 30.7 Å². The van der Waals surface area contributed by atoms with Gasteiger partial charge in [-0.3, -0.25) is 0 Å². The summed E-state index contributed by atoms with van der Waals surface area (Å²) in [5.41, 5.74) is 2.16. The van der Waals surface area contributed by atoms with Gasteiger partial charge in [0.05, 0.1) is 10.7 Å². The van der Waals surface area contributed by atoms with Gasteiger partial charge in [0.25, 0.3) is 0 Å². The Hall–Kier alpha value is -0.690. The second-order valence-corrected chi connectivity index (χ2v) is 3.77. The fourth-order valence-corrected chi connectivity index (χ4v) is 1.31. The van der Waals surface area contributed by atoms with Crippen molar-refractivity contribution in [3.05, 3.63) is 28.8 Å². The highest BCUT2D eigenvalue weighted by molar-refractivity contribution is 6.34. The van der Waals surface area contributed by atoms with Crippen LogP contribution in [0.25, 0.3) is 0 Å². The lowest BCUT2D eigenvalue weighted by atomic mass is 10.2. The van der Waals surface area contributed by atoms with E-state index in [1.165, 1.54) is 0 Å². The van der Waals surface area contributed by atoms with Gasteiger partial charge in [-0.15, -0.1) is 0 Å². The normalized spacial score (nSPS) is 12.6. The van der Waals surface area contributed by atoms with Crippen molar-refractivity contribution < 1.29 is 0 Å². The highest BCUT2D eigenvalue weighted by Crippen LogP contribution is 2.25. The van der Waals surface area contributed by atoms with E-state index >= 15 is 0 Å². The summed E-state index contributed by atoms with van der Waals surface area (Å²) < 4.78 is 0. The average Bonchev–Trinajstić information content (AvgIpc) is 2.13. The summed E-state index contributed by atoms with van der Waals surface area (Å²) in [5, 5.41) is 4.20. The Kier molecular flexibility index (Phi) is 3.61. The summed E-state index contributed by atoms with van der Waals surface area (Å²) in [5.74, 6) is 0.